The van der Waals surface area contributed by atoms with E-state index >= 15 is 0 Å². The predicted molar refractivity (Wildman–Crippen MR) is 141 cm³/mol. The summed E-state index contributed by atoms with van der Waals surface area (Å²) < 4.78 is 1.03. The van der Waals surface area contributed by atoms with Gasteiger partial charge in [-0.05, 0) is 50.1 Å². The molecule has 35 heavy (non-hydrogen) atoms. The molecule has 3 amide bonds. The van der Waals surface area contributed by atoms with Crippen LogP contribution in [0.1, 0.15) is 38.6 Å². The summed E-state index contributed by atoms with van der Waals surface area (Å²) in [6, 6.07) is 11.0. The van der Waals surface area contributed by atoms with Crippen LogP contribution in [0.2, 0.25) is 0 Å². The van der Waals surface area contributed by atoms with Crippen LogP contribution in [0.4, 0.5) is 11.4 Å². The molecule has 0 radical (unpaired) electrons. The number of imide groups is 1. The molecule has 0 saturated carbocycles. The van der Waals surface area contributed by atoms with E-state index in [1.165, 1.54) is 4.90 Å². The highest BCUT2D eigenvalue weighted by molar-refractivity contribution is 7.99. The number of carbonyl (C=O) groups excluding carboxylic acids is 3. The number of aromatic nitrogens is 1. The normalized spacial score (nSPS) is 20.6. The number of anilines is 2. The van der Waals surface area contributed by atoms with E-state index in [1.54, 1.807) is 17.4 Å². The van der Waals surface area contributed by atoms with Gasteiger partial charge in [0, 0.05) is 37.7 Å². The van der Waals surface area contributed by atoms with Gasteiger partial charge >= 0.3 is 0 Å². The second-order valence-corrected chi connectivity index (χ2v) is 11.7. The number of aryl methyl sites for hydroxylation is 1. The zero-order chi connectivity index (χ0) is 24.1. The summed E-state index contributed by atoms with van der Waals surface area (Å²) in [6.45, 7) is 4.91. The third-order valence-corrected chi connectivity index (χ3v) is 8.96. The number of hydrogen-bond donors (Lipinski definition) is 0. The molecule has 0 aliphatic carbocycles. The second-order valence-electron chi connectivity index (χ2n) is 9.25. The number of thioether (sulfide) groups is 1. The summed E-state index contributed by atoms with van der Waals surface area (Å²) in [7, 11) is 0. The lowest BCUT2D eigenvalue weighted by atomic mass is 9.94. The van der Waals surface area contributed by atoms with Crippen LogP contribution in [0.15, 0.2) is 36.4 Å². The average molecular weight is 507 g/mol. The molecule has 6 rings (SSSR count). The van der Waals surface area contributed by atoms with Crippen molar-refractivity contribution in [3.05, 3.63) is 52.5 Å². The number of amides is 3. The number of benzene rings is 2. The molecule has 3 aliphatic rings. The molecular weight excluding hydrogens is 480 g/mol. The van der Waals surface area contributed by atoms with Gasteiger partial charge in [-0.25, -0.2) is 9.88 Å². The van der Waals surface area contributed by atoms with Crippen molar-refractivity contribution < 1.29 is 14.4 Å². The molecule has 9 heteroatoms. The Balaban J connectivity index is 1.29. The standard InChI is InChI=1S/C26H26N4O3S2/c1-16-27-20-14-18(7-8-22(20)35-16)30-25(32)19-5-2-6-21(23(19)26(30)33)29-9-3-4-17(15-29)24(31)28-10-12-34-13-11-28/h2,5-8,14,17H,3-4,9-13,15H2,1H3/t17-/m1/s1. The van der Waals surface area contributed by atoms with E-state index in [1.807, 2.05) is 53.9 Å². The van der Waals surface area contributed by atoms with E-state index in [4.69, 9.17) is 0 Å². The molecule has 3 aromatic rings. The van der Waals surface area contributed by atoms with E-state index in [2.05, 4.69) is 9.88 Å². The molecule has 0 N–H and O–H groups in total. The third kappa shape index (κ3) is 3.90. The molecule has 1 atom stereocenters. The van der Waals surface area contributed by atoms with Gasteiger partial charge in [-0.1, -0.05) is 6.07 Å². The summed E-state index contributed by atoms with van der Waals surface area (Å²) in [5, 5.41) is 0.944. The van der Waals surface area contributed by atoms with Crippen LogP contribution in [-0.2, 0) is 4.79 Å². The van der Waals surface area contributed by atoms with Crippen molar-refractivity contribution >= 4 is 62.4 Å². The van der Waals surface area contributed by atoms with E-state index < -0.39 is 0 Å². The van der Waals surface area contributed by atoms with Crippen molar-refractivity contribution in [1.29, 1.82) is 0 Å². The maximum Gasteiger partial charge on any atom is 0.268 e. The molecule has 0 bridgehead atoms. The molecule has 0 unspecified atom stereocenters. The van der Waals surface area contributed by atoms with Crippen LogP contribution >= 0.6 is 23.1 Å². The van der Waals surface area contributed by atoms with Crippen molar-refractivity contribution in [2.45, 2.75) is 19.8 Å². The SMILES string of the molecule is Cc1nc2cc(N3C(=O)c4cccc(N5CCC[C@@H](C(=O)N6CCSCC6)C5)c4C3=O)ccc2s1. The van der Waals surface area contributed by atoms with Crippen LogP contribution in [0, 0.1) is 12.8 Å². The van der Waals surface area contributed by atoms with Crippen LogP contribution in [-0.4, -0.2) is 65.3 Å². The fraction of sp³-hybridized carbons (Fsp3) is 0.385. The molecule has 2 saturated heterocycles. The minimum absolute atomic E-state index is 0.0821. The lowest BCUT2D eigenvalue weighted by Crippen LogP contribution is -2.47. The van der Waals surface area contributed by atoms with E-state index in [9.17, 15) is 14.4 Å². The summed E-state index contributed by atoms with van der Waals surface area (Å²) >= 11 is 3.48. The van der Waals surface area contributed by atoms with Gasteiger partial charge in [0.25, 0.3) is 11.8 Å². The van der Waals surface area contributed by atoms with Gasteiger partial charge in [-0.2, -0.15) is 11.8 Å². The van der Waals surface area contributed by atoms with Gasteiger partial charge in [0.1, 0.15) is 0 Å². The molecule has 1 aromatic heterocycles. The van der Waals surface area contributed by atoms with Gasteiger partial charge in [0.2, 0.25) is 5.91 Å². The lowest BCUT2D eigenvalue weighted by molar-refractivity contribution is -0.135. The quantitative estimate of drug-likeness (QED) is 0.496. The summed E-state index contributed by atoms with van der Waals surface area (Å²) in [5.41, 5.74) is 2.93. The number of piperidine rings is 1. The Morgan fingerprint density at radius 3 is 2.71 bits per heavy atom. The van der Waals surface area contributed by atoms with Gasteiger partial charge < -0.3 is 9.80 Å². The predicted octanol–water partition coefficient (Wildman–Crippen LogP) is 4.20. The maximum atomic E-state index is 13.7. The van der Waals surface area contributed by atoms with Crippen molar-refractivity contribution in [2.24, 2.45) is 5.92 Å². The number of fused-ring (bicyclic) bond motifs is 2. The molecule has 180 valence electrons. The number of nitrogens with zero attached hydrogens (tertiary/aromatic N) is 4. The van der Waals surface area contributed by atoms with Gasteiger partial charge in [-0.15, -0.1) is 11.3 Å². The highest BCUT2D eigenvalue weighted by atomic mass is 32.2. The Morgan fingerprint density at radius 1 is 1.06 bits per heavy atom. The fourth-order valence-electron chi connectivity index (χ4n) is 5.38. The third-order valence-electron chi connectivity index (χ3n) is 7.06. The Bertz CT molecular complexity index is 1350. The Hall–Kier alpha value is -2.91. The van der Waals surface area contributed by atoms with Crippen LogP contribution < -0.4 is 9.80 Å². The monoisotopic (exact) mass is 506 g/mol. The second kappa shape index (κ2) is 8.95. The molecular formula is C26H26N4O3S2. The largest absolute Gasteiger partial charge is 0.370 e. The summed E-state index contributed by atoms with van der Waals surface area (Å²) in [6.07, 6.45) is 1.74. The number of hydrogen-bond acceptors (Lipinski definition) is 7. The van der Waals surface area contributed by atoms with Gasteiger partial charge in [0.15, 0.2) is 0 Å². The zero-order valence-corrected chi connectivity index (χ0v) is 21.2. The van der Waals surface area contributed by atoms with Gasteiger partial charge in [-0.3, -0.25) is 14.4 Å². The first-order chi connectivity index (χ1) is 17.0. The van der Waals surface area contributed by atoms with Crippen LogP contribution in [0.25, 0.3) is 10.2 Å². The first-order valence-corrected chi connectivity index (χ1v) is 14.0. The van der Waals surface area contributed by atoms with Crippen molar-refractivity contribution in [3.8, 4) is 0 Å². The maximum absolute atomic E-state index is 13.7. The van der Waals surface area contributed by atoms with Crippen molar-refractivity contribution in [3.63, 3.8) is 0 Å². The highest BCUT2D eigenvalue weighted by Crippen LogP contribution is 2.37. The molecule has 3 aliphatic heterocycles. The highest BCUT2D eigenvalue weighted by Gasteiger charge is 2.40. The minimum atomic E-state index is -0.312. The van der Waals surface area contributed by atoms with Crippen molar-refractivity contribution in [2.75, 3.05) is 47.5 Å². The number of thiazole rings is 1. The molecule has 2 fully saturated rings. The Labute approximate surface area is 212 Å². The average Bonchev–Trinajstić information content (AvgIpc) is 3.39. The van der Waals surface area contributed by atoms with E-state index in [0.717, 1.165) is 64.9 Å². The summed E-state index contributed by atoms with van der Waals surface area (Å²) in [4.78, 5) is 50.1. The smallest absolute Gasteiger partial charge is 0.268 e. The molecule has 7 nitrogen and oxygen atoms in total. The van der Waals surface area contributed by atoms with E-state index in [0.29, 0.717) is 23.4 Å². The van der Waals surface area contributed by atoms with Crippen LogP contribution in [0.5, 0.6) is 0 Å². The van der Waals surface area contributed by atoms with E-state index in [-0.39, 0.29) is 23.6 Å². The zero-order valence-electron chi connectivity index (χ0n) is 19.5. The fourth-order valence-corrected chi connectivity index (χ4v) is 7.09. The van der Waals surface area contributed by atoms with Crippen LogP contribution in [0.3, 0.4) is 0 Å². The molecule has 4 heterocycles. The minimum Gasteiger partial charge on any atom is -0.370 e. The Kier molecular flexibility index (Phi) is 5.76. The Morgan fingerprint density at radius 2 is 1.89 bits per heavy atom. The first kappa shape index (κ1) is 22.5. The topological polar surface area (TPSA) is 73.8 Å². The summed E-state index contributed by atoms with van der Waals surface area (Å²) in [5.74, 6) is 1.50. The lowest BCUT2D eigenvalue weighted by Gasteiger charge is -2.37. The first-order valence-electron chi connectivity index (χ1n) is 12.0. The number of carbonyl (C=O) groups is 3. The van der Waals surface area contributed by atoms with Gasteiger partial charge in [0.05, 0.1) is 43.6 Å². The van der Waals surface area contributed by atoms with Crippen molar-refractivity contribution in [1.82, 2.24) is 9.88 Å². The molecule has 0 spiro atoms. The molecule has 2 aromatic carbocycles. The number of rotatable bonds is 3.